The third-order valence-corrected chi connectivity index (χ3v) is 4.09. The molecule has 2 aromatic carbocycles. The smallest absolute Gasteiger partial charge is 0.264 e. The van der Waals surface area contributed by atoms with E-state index in [2.05, 4.69) is 10.3 Å². The molecule has 1 aliphatic rings. The van der Waals surface area contributed by atoms with Gasteiger partial charge < -0.3 is 15.2 Å². The summed E-state index contributed by atoms with van der Waals surface area (Å²) in [5, 5.41) is 12.9. The highest BCUT2D eigenvalue weighted by Crippen LogP contribution is 2.32. The van der Waals surface area contributed by atoms with Crippen molar-refractivity contribution in [1.82, 2.24) is 5.32 Å². The van der Waals surface area contributed by atoms with Crippen LogP contribution in [0.2, 0.25) is 0 Å². The molecule has 5 nitrogen and oxygen atoms in total. The first-order valence-corrected chi connectivity index (χ1v) is 7.69. The molecule has 116 valence electrons. The molecule has 0 unspecified atom stereocenters. The summed E-state index contributed by atoms with van der Waals surface area (Å²) in [4.78, 5) is 16.9. The van der Waals surface area contributed by atoms with Gasteiger partial charge in [0.05, 0.1) is 12.0 Å². The first kappa shape index (κ1) is 15.2. The molecule has 1 heterocycles. The second kappa shape index (κ2) is 6.58. The van der Waals surface area contributed by atoms with Crippen LogP contribution in [0.4, 0.5) is 5.69 Å². The first-order valence-electron chi connectivity index (χ1n) is 6.88. The number of hydrogen-bond acceptors (Lipinski definition) is 5. The van der Waals surface area contributed by atoms with Crippen LogP contribution in [0.1, 0.15) is 5.56 Å². The summed E-state index contributed by atoms with van der Waals surface area (Å²) in [5.41, 5.74) is 1.23. The number of nitrogens with zero attached hydrogens (tertiary/aromatic N) is 1. The van der Waals surface area contributed by atoms with Crippen LogP contribution in [-0.2, 0) is 4.79 Å². The Morgan fingerprint density at radius 2 is 1.91 bits per heavy atom. The Morgan fingerprint density at radius 3 is 2.70 bits per heavy atom. The molecule has 0 atom stereocenters. The number of aliphatic imine (C=N–C) groups is 1. The number of aromatic hydroxyl groups is 1. The molecule has 2 aromatic rings. The molecule has 0 radical (unpaired) electrons. The Balaban J connectivity index is 1.88. The zero-order valence-electron chi connectivity index (χ0n) is 12.3. The highest BCUT2D eigenvalue weighted by molar-refractivity contribution is 8.18. The van der Waals surface area contributed by atoms with E-state index >= 15 is 0 Å². The third kappa shape index (κ3) is 3.37. The van der Waals surface area contributed by atoms with Gasteiger partial charge in [0, 0.05) is 5.56 Å². The highest BCUT2D eigenvalue weighted by atomic mass is 32.2. The van der Waals surface area contributed by atoms with Crippen molar-refractivity contribution >= 4 is 34.6 Å². The van der Waals surface area contributed by atoms with Gasteiger partial charge in [0.1, 0.15) is 17.2 Å². The van der Waals surface area contributed by atoms with E-state index in [9.17, 15) is 9.90 Å². The molecule has 1 fully saturated rings. The molecular formula is C17H14N2O3S. The molecule has 1 saturated heterocycles. The molecule has 1 amide bonds. The van der Waals surface area contributed by atoms with Crippen LogP contribution in [0, 0.1) is 0 Å². The number of methoxy groups -OCH3 is 1. The van der Waals surface area contributed by atoms with Crippen LogP contribution in [-0.4, -0.2) is 23.3 Å². The van der Waals surface area contributed by atoms with E-state index in [4.69, 9.17) is 4.74 Å². The standard InChI is InChI=1S/C17H14N2O3S/c1-22-14-9-5-2-6-11(14)10-15-16(21)19-17(23-15)18-12-7-3-4-8-13(12)20/h2-10,20H,1H3,(H,18,19,21). The maximum absolute atomic E-state index is 12.1. The fourth-order valence-electron chi connectivity index (χ4n) is 2.08. The number of nitrogens with one attached hydrogen (secondary N) is 1. The molecule has 0 bridgehead atoms. The largest absolute Gasteiger partial charge is 0.506 e. The Bertz CT molecular complexity index is 815. The lowest BCUT2D eigenvalue weighted by Gasteiger charge is -2.03. The van der Waals surface area contributed by atoms with Crippen molar-refractivity contribution < 1.29 is 14.6 Å². The van der Waals surface area contributed by atoms with E-state index in [0.29, 0.717) is 21.5 Å². The Labute approximate surface area is 137 Å². The van der Waals surface area contributed by atoms with Crippen molar-refractivity contribution in [3.05, 3.63) is 59.0 Å². The van der Waals surface area contributed by atoms with Crippen molar-refractivity contribution in [3.63, 3.8) is 0 Å². The van der Waals surface area contributed by atoms with Crippen LogP contribution in [0.15, 0.2) is 58.4 Å². The topological polar surface area (TPSA) is 70.9 Å². The Kier molecular flexibility index (Phi) is 4.34. The van der Waals surface area contributed by atoms with Crippen molar-refractivity contribution in [1.29, 1.82) is 0 Å². The molecule has 0 spiro atoms. The number of carbonyl (C=O) groups is 1. The van der Waals surface area contributed by atoms with Gasteiger partial charge in [-0.25, -0.2) is 4.99 Å². The lowest BCUT2D eigenvalue weighted by atomic mass is 10.2. The molecule has 6 heteroatoms. The number of ether oxygens (including phenoxy) is 1. The third-order valence-electron chi connectivity index (χ3n) is 3.18. The number of benzene rings is 2. The average molecular weight is 326 g/mol. The van der Waals surface area contributed by atoms with Crippen molar-refractivity contribution in [2.45, 2.75) is 0 Å². The minimum absolute atomic E-state index is 0.0667. The van der Waals surface area contributed by atoms with Gasteiger partial charge in [-0.1, -0.05) is 30.3 Å². The van der Waals surface area contributed by atoms with Gasteiger partial charge >= 0.3 is 0 Å². The number of thioether (sulfide) groups is 1. The number of phenols is 1. The summed E-state index contributed by atoms with van der Waals surface area (Å²) >= 11 is 1.22. The summed E-state index contributed by atoms with van der Waals surface area (Å²) in [6.07, 6.45) is 1.76. The maximum atomic E-state index is 12.1. The average Bonchev–Trinajstić information content (AvgIpc) is 2.90. The van der Waals surface area contributed by atoms with Crippen molar-refractivity contribution in [3.8, 4) is 11.5 Å². The number of amidine groups is 1. The maximum Gasteiger partial charge on any atom is 0.264 e. The van der Waals surface area contributed by atoms with E-state index in [-0.39, 0.29) is 11.7 Å². The van der Waals surface area contributed by atoms with Gasteiger partial charge in [0.25, 0.3) is 5.91 Å². The zero-order valence-corrected chi connectivity index (χ0v) is 13.1. The quantitative estimate of drug-likeness (QED) is 0.849. The fourth-order valence-corrected chi connectivity index (χ4v) is 2.90. The van der Waals surface area contributed by atoms with E-state index in [1.165, 1.54) is 11.8 Å². The second-order valence-electron chi connectivity index (χ2n) is 4.71. The van der Waals surface area contributed by atoms with Crippen LogP contribution >= 0.6 is 11.8 Å². The monoisotopic (exact) mass is 326 g/mol. The van der Waals surface area contributed by atoms with Gasteiger partial charge in [-0.3, -0.25) is 4.79 Å². The molecule has 0 aliphatic carbocycles. The van der Waals surface area contributed by atoms with Gasteiger partial charge in [0.15, 0.2) is 5.17 Å². The van der Waals surface area contributed by atoms with Crippen molar-refractivity contribution in [2.75, 3.05) is 7.11 Å². The summed E-state index contributed by atoms with van der Waals surface area (Å²) in [6.45, 7) is 0. The fraction of sp³-hybridized carbons (Fsp3) is 0.0588. The summed E-state index contributed by atoms with van der Waals surface area (Å²) in [6, 6.07) is 14.2. The van der Waals surface area contributed by atoms with E-state index in [0.717, 1.165) is 5.56 Å². The van der Waals surface area contributed by atoms with E-state index < -0.39 is 0 Å². The van der Waals surface area contributed by atoms with Gasteiger partial charge in [-0.15, -0.1) is 0 Å². The predicted octanol–water partition coefficient (Wildman–Crippen LogP) is 3.29. The minimum atomic E-state index is -0.227. The molecule has 0 aromatic heterocycles. The van der Waals surface area contributed by atoms with E-state index in [1.807, 2.05) is 24.3 Å². The molecule has 23 heavy (non-hydrogen) atoms. The van der Waals surface area contributed by atoms with Gasteiger partial charge in [0.2, 0.25) is 0 Å². The molecule has 0 saturated carbocycles. The number of rotatable bonds is 3. The number of hydrogen-bond donors (Lipinski definition) is 2. The summed E-state index contributed by atoms with van der Waals surface area (Å²) in [7, 11) is 1.59. The summed E-state index contributed by atoms with van der Waals surface area (Å²) in [5.74, 6) is 0.534. The SMILES string of the molecule is COc1ccccc1C=C1SC(=Nc2ccccc2O)NC1=O. The molecular weight excluding hydrogens is 312 g/mol. The first-order chi connectivity index (χ1) is 11.2. The van der Waals surface area contributed by atoms with Crippen LogP contribution in [0.3, 0.4) is 0 Å². The normalized spacial score (nSPS) is 17.5. The Hall–Kier alpha value is -2.73. The molecule has 1 aliphatic heterocycles. The predicted molar refractivity (Wildman–Crippen MR) is 91.9 cm³/mol. The summed E-state index contributed by atoms with van der Waals surface area (Å²) < 4.78 is 5.28. The highest BCUT2D eigenvalue weighted by Gasteiger charge is 2.24. The van der Waals surface area contributed by atoms with Crippen LogP contribution in [0.5, 0.6) is 11.5 Å². The van der Waals surface area contributed by atoms with Crippen molar-refractivity contribution in [2.24, 2.45) is 4.99 Å². The second-order valence-corrected chi connectivity index (χ2v) is 5.74. The molecule has 2 N–H and O–H groups in total. The zero-order chi connectivity index (χ0) is 16.2. The van der Waals surface area contributed by atoms with Gasteiger partial charge in [-0.05, 0) is 36.0 Å². The van der Waals surface area contributed by atoms with Crippen LogP contribution < -0.4 is 10.1 Å². The lowest BCUT2D eigenvalue weighted by molar-refractivity contribution is -0.115. The number of amides is 1. The van der Waals surface area contributed by atoms with E-state index in [1.54, 1.807) is 37.5 Å². The van der Waals surface area contributed by atoms with Gasteiger partial charge in [-0.2, -0.15) is 0 Å². The number of para-hydroxylation sites is 3. The molecule has 3 rings (SSSR count). The van der Waals surface area contributed by atoms with Crippen LogP contribution in [0.25, 0.3) is 6.08 Å². The number of phenolic OH excluding ortho intramolecular Hbond substituents is 1. The Morgan fingerprint density at radius 1 is 1.17 bits per heavy atom. The minimum Gasteiger partial charge on any atom is -0.506 e. The lowest BCUT2D eigenvalue weighted by Crippen LogP contribution is -2.19. The number of carbonyl (C=O) groups excluding carboxylic acids is 1.